The maximum atomic E-state index is 13.3. The second-order valence-electron chi connectivity index (χ2n) is 8.82. The molecule has 0 saturated carbocycles. The number of likely N-dealkylation sites (tertiary alicyclic amines) is 1. The number of halogens is 7. The number of rotatable bonds is 5. The highest BCUT2D eigenvalue weighted by molar-refractivity contribution is 5.94. The molecule has 2 aliphatic rings. The largest absolute Gasteiger partial charge is 0.490 e. The number of carbonyl (C=O) groups is 4. The molecule has 2 aromatic heterocycles. The van der Waals surface area contributed by atoms with Gasteiger partial charge in [0, 0.05) is 62.2 Å². The van der Waals surface area contributed by atoms with Gasteiger partial charge in [-0.2, -0.15) is 30.7 Å². The second kappa shape index (κ2) is 14.5. The summed E-state index contributed by atoms with van der Waals surface area (Å²) < 4.78 is 82.6. The van der Waals surface area contributed by atoms with Crippen LogP contribution >= 0.6 is 0 Å². The Labute approximate surface area is 232 Å². The molecule has 0 bridgehead atoms. The van der Waals surface area contributed by atoms with E-state index in [-0.39, 0.29) is 35.3 Å². The molecule has 0 spiro atoms. The molecule has 230 valence electrons. The number of hydrogen-bond acceptors (Lipinski definition) is 7. The van der Waals surface area contributed by atoms with Gasteiger partial charge in [0.2, 0.25) is 11.9 Å². The van der Waals surface area contributed by atoms with Crippen LogP contribution in [0.25, 0.3) is 0 Å². The smallest absolute Gasteiger partial charge is 0.475 e. The normalized spacial score (nSPS) is 19.4. The summed E-state index contributed by atoms with van der Waals surface area (Å²) in [7, 11) is 0. The molecule has 2 saturated heterocycles. The minimum Gasteiger partial charge on any atom is -0.475 e. The van der Waals surface area contributed by atoms with Crippen LogP contribution in [0.4, 0.5) is 30.7 Å². The Morgan fingerprint density at radius 3 is 2.14 bits per heavy atom. The molecule has 11 nitrogen and oxygen atoms in total. The molecule has 0 aromatic carbocycles. The van der Waals surface area contributed by atoms with Crippen molar-refractivity contribution in [2.75, 3.05) is 19.7 Å². The van der Waals surface area contributed by atoms with Crippen LogP contribution in [0.3, 0.4) is 0 Å². The second-order valence-corrected chi connectivity index (χ2v) is 8.82. The van der Waals surface area contributed by atoms with Crippen molar-refractivity contribution in [2.24, 2.45) is 11.8 Å². The molecular weight excluding hydrogens is 589 g/mol. The third kappa shape index (κ3) is 10.6. The van der Waals surface area contributed by atoms with E-state index in [4.69, 9.17) is 24.5 Å². The van der Waals surface area contributed by atoms with Gasteiger partial charge in [-0.3, -0.25) is 14.6 Å². The topological polar surface area (TPSA) is 159 Å². The monoisotopic (exact) mass is 612 g/mol. The summed E-state index contributed by atoms with van der Waals surface area (Å²) in [5.41, 5.74) is 1.22. The first-order valence-corrected chi connectivity index (χ1v) is 11.8. The predicted octanol–water partition coefficient (Wildman–Crippen LogP) is 2.68. The summed E-state index contributed by atoms with van der Waals surface area (Å²) in [5, 5.41) is 17.2. The summed E-state index contributed by atoms with van der Waals surface area (Å²) >= 11 is 0. The highest BCUT2D eigenvalue weighted by Crippen LogP contribution is 2.36. The van der Waals surface area contributed by atoms with Gasteiger partial charge in [0.1, 0.15) is 0 Å². The predicted molar refractivity (Wildman–Crippen MR) is 125 cm³/mol. The van der Waals surface area contributed by atoms with Crippen molar-refractivity contribution in [3.05, 3.63) is 59.9 Å². The highest BCUT2D eigenvalue weighted by atomic mass is 19.4. The zero-order chi connectivity index (χ0) is 31.7. The number of carboxylic acid groups (broad SMARTS) is 2. The number of hydrogen-bond donors (Lipinski definition) is 3. The molecule has 3 atom stereocenters. The van der Waals surface area contributed by atoms with Crippen molar-refractivity contribution in [1.29, 1.82) is 0 Å². The van der Waals surface area contributed by atoms with E-state index in [9.17, 15) is 40.3 Å². The van der Waals surface area contributed by atoms with Crippen molar-refractivity contribution >= 4 is 23.8 Å². The van der Waals surface area contributed by atoms with Crippen molar-refractivity contribution in [1.82, 2.24) is 20.2 Å². The van der Waals surface area contributed by atoms with E-state index in [0.717, 1.165) is 11.6 Å². The lowest BCUT2D eigenvalue weighted by atomic mass is 9.90. The van der Waals surface area contributed by atoms with E-state index in [1.165, 1.54) is 12.3 Å². The zero-order valence-electron chi connectivity index (χ0n) is 21.2. The molecule has 0 aliphatic carbocycles. The van der Waals surface area contributed by atoms with E-state index in [1.54, 1.807) is 17.3 Å². The summed E-state index contributed by atoms with van der Waals surface area (Å²) in [4.78, 5) is 51.9. The molecular formula is C24H23F7N4O7. The number of alkyl halides is 6. The summed E-state index contributed by atoms with van der Waals surface area (Å²) in [6, 6.07) is 6.38. The number of aliphatic carboxylic acids is 2. The van der Waals surface area contributed by atoms with Crippen LogP contribution in [0.2, 0.25) is 0 Å². The van der Waals surface area contributed by atoms with Crippen LogP contribution in [-0.4, -0.2) is 87.0 Å². The Kier molecular flexibility index (Phi) is 11.7. The van der Waals surface area contributed by atoms with E-state index >= 15 is 0 Å². The first-order chi connectivity index (χ1) is 19.5. The molecule has 42 heavy (non-hydrogen) atoms. The molecule has 3 N–H and O–H groups in total. The van der Waals surface area contributed by atoms with Gasteiger partial charge in [-0.05, 0) is 23.6 Å². The number of aromatic nitrogens is 2. The molecule has 4 rings (SSSR count). The summed E-state index contributed by atoms with van der Waals surface area (Å²) in [6.45, 7) is 1.92. The molecule has 4 heterocycles. The molecule has 2 fully saturated rings. The number of nitrogens with zero attached hydrogens (tertiary/aromatic N) is 3. The molecule has 2 aromatic rings. The van der Waals surface area contributed by atoms with Crippen molar-refractivity contribution in [2.45, 2.75) is 31.4 Å². The van der Waals surface area contributed by atoms with Gasteiger partial charge in [-0.15, -0.1) is 0 Å². The van der Waals surface area contributed by atoms with Crippen molar-refractivity contribution in [3.63, 3.8) is 0 Å². The van der Waals surface area contributed by atoms with Gasteiger partial charge >= 0.3 is 24.3 Å². The van der Waals surface area contributed by atoms with E-state index < -0.39 is 30.2 Å². The Bertz CT molecular complexity index is 1220. The minimum atomic E-state index is -5.08. The van der Waals surface area contributed by atoms with Crippen LogP contribution in [-0.2, 0) is 25.7 Å². The first-order valence-electron chi connectivity index (χ1n) is 11.8. The number of pyridine rings is 2. The van der Waals surface area contributed by atoms with Gasteiger partial charge in [0.15, 0.2) is 0 Å². The van der Waals surface area contributed by atoms with Gasteiger partial charge in [-0.1, -0.05) is 6.07 Å². The number of amides is 2. The van der Waals surface area contributed by atoms with Crippen LogP contribution in [0.15, 0.2) is 42.9 Å². The fraction of sp³-hybridized carbons (Fsp3) is 0.417. The quantitative estimate of drug-likeness (QED) is 0.341. The average molecular weight is 612 g/mol. The summed E-state index contributed by atoms with van der Waals surface area (Å²) in [5.74, 6) is -6.30. The maximum absolute atomic E-state index is 13.3. The maximum Gasteiger partial charge on any atom is 0.490 e. The molecule has 0 unspecified atom stereocenters. The number of carbonyl (C=O) groups excluding carboxylic acids is 2. The fourth-order valence-electron chi connectivity index (χ4n) is 3.91. The third-order valence-corrected chi connectivity index (χ3v) is 5.84. The Morgan fingerprint density at radius 2 is 1.62 bits per heavy atom. The van der Waals surface area contributed by atoms with Crippen LogP contribution in [0, 0.1) is 17.8 Å². The number of nitrogens with one attached hydrogen (secondary N) is 1. The van der Waals surface area contributed by atoms with E-state index in [1.807, 2.05) is 12.1 Å². The van der Waals surface area contributed by atoms with Crippen LogP contribution < -0.4 is 5.32 Å². The minimum absolute atomic E-state index is 0.0425. The molecule has 2 amide bonds. The molecule has 18 heteroatoms. The number of fused-ring (bicyclic) bond motifs is 1. The van der Waals surface area contributed by atoms with Gasteiger partial charge in [0.25, 0.3) is 5.91 Å². The molecule has 2 aliphatic heterocycles. The van der Waals surface area contributed by atoms with Gasteiger partial charge in [-0.25, -0.2) is 14.6 Å². The van der Waals surface area contributed by atoms with Gasteiger partial charge < -0.3 is 25.2 Å². The Hall–Kier alpha value is -4.35. The lowest BCUT2D eigenvalue weighted by molar-refractivity contribution is -0.193. The molecule has 0 radical (unpaired) electrons. The lowest BCUT2D eigenvalue weighted by Gasteiger charge is -2.20. The van der Waals surface area contributed by atoms with E-state index in [2.05, 4.69) is 15.3 Å². The first kappa shape index (κ1) is 33.9. The van der Waals surface area contributed by atoms with Crippen molar-refractivity contribution in [3.8, 4) is 0 Å². The standard InChI is InChI=1S/C20H21FN4O3.2C2HF3O2/c21-18-6-14(3-5-23-18)20(27)25-10-16-15(12-28-17(16)11-25)7-19(26)24-9-13-2-1-4-22-8-13;2*3-2(4,5)1(6)7/h1-6,8,15-17H,7,9-12H2,(H,24,26);2*(H,6,7)/t15-,16-,17-;;/m1../s1. The third-order valence-electron chi connectivity index (χ3n) is 5.84. The Balaban J connectivity index is 0.000000367. The highest BCUT2D eigenvalue weighted by Gasteiger charge is 2.46. The van der Waals surface area contributed by atoms with E-state index in [0.29, 0.717) is 32.7 Å². The number of carboxylic acids is 2. The van der Waals surface area contributed by atoms with Crippen molar-refractivity contribution < 1.29 is 64.9 Å². The van der Waals surface area contributed by atoms with Crippen LogP contribution in [0.5, 0.6) is 0 Å². The number of ether oxygens (including phenoxy) is 1. The lowest BCUT2D eigenvalue weighted by Crippen LogP contribution is -2.32. The van der Waals surface area contributed by atoms with Crippen LogP contribution in [0.1, 0.15) is 22.3 Å². The SMILES string of the molecule is O=C(C[C@@H]1CO[C@@H]2CN(C(=O)c3ccnc(F)c3)C[C@H]12)NCc1cccnc1.O=C(O)C(F)(F)F.O=C(O)C(F)(F)F. The van der Waals surface area contributed by atoms with Gasteiger partial charge in [0.05, 0.1) is 12.7 Å². The average Bonchev–Trinajstić information content (AvgIpc) is 3.49. The Morgan fingerprint density at radius 1 is 1.00 bits per heavy atom. The fourth-order valence-corrected chi connectivity index (χ4v) is 3.91. The zero-order valence-corrected chi connectivity index (χ0v) is 21.2. The summed E-state index contributed by atoms with van der Waals surface area (Å²) in [6.07, 6.45) is -5.20.